The Hall–Kier alpha value is -2.29. The Morgan fingerprint density at radius 3 is 2.75 bits per heavy atom. The predicted molar refractivity (Wildman–Crippen MR) is 75.0 cm³/mol. The lowest BCUT2D eigenvalue weighted by molar-refractivity contribution is 0.102. The molecular weight excluding hydrogens is 282 g/mol. The molecule has 0 atom stereocenters. The van der Waals surface area contributed by atoms with Crippen molar-refractivity contribution in [2.45, 2.75) is 5.16 Å². The molecule has 0 aliphatic rings. The van der Waals surface area contributed by atoms with E-state index in [4.69, 9.17) is 5.73 Å². The molecule has 9 heteroatoms. The van der Waals surface area contributed by atoms with Gasteiger partial charge in [0, 0.05) is 26.5 Å². The second-order valence-corrected chi connectivity index (χ2v) is 5.05. The van der Waals surface area contributed by atoms with Crippen LogP contribution in [0.3, 0.4) is 0 Å². The number of aromatic amines is 1. The van der Waals surface area contributed by atoms with Gasteiger partial charge in [0.05, 0.1) is 5.75 Å². The Kier molecular flexibility index (Phi) is 3.79. The molecular formula is C11H13N5O3S. The predicted octanol–water partition coefficient (Wildman–Crippen LogP) is -0.636. The standard InChI is InChI=1S/C11H13N5O3S/c1-15-4-3-13-11(15)20-5-6(17)7-8(12)16(2)10(19)14-9(7)18/h3-4H,5,12H2,1-2H3,(H,14,18,19). The summed E-state index contributed by atoms with van der Waals surface area (Å²) in [6, 6.07) is 0. The van der Waals surface area contributed by atoms with E-state index in [0.717, 1.165) is 4.57 Å². The molecule has 0 fully saturated rings. The molecule has 20 heavy (non-hydrogen) atoms. The van der Waals surface area contributed by atoms with Crippen molar-refractivity contribution >= 4 is 23.4 Å². The first-order valence-corrected chi connectivity index (χ1v) is 6.62. The SMILES string of the molecule is Cn1ccnc1SCC(=O)c1c(N)n(C)c(=O)[nH]c1=O. The van der Waals surface area contributed by atoms with E-state index in [9.17, 15) is 14.4 Å². The van der Waals surface area contributed by atoms with Gasteiger partial charge < -0.3 is 10.3 Å². The molecule has 2 rings (SSSR count). The number of nitrogens with two attached hydrogens (primary N) is 1. The van der Waals surface area contributed by atoms with Crippen LogP contribution in [0.4, 0.5) is 5.82 Å². The second-order valence-electron chi connectivity index (χ2n) is 4.11. The van der Waals surface area contributed by atoms with Crippen molar-refractivity contribution in [1.29, 1.82) is 0 Å². The lowest BCUT2D eigenvalue weighted by Crippen LogP contribution is -2.35. The van der Waals surface area contributed by atoms with Gasteiger partial charge in [0.1, 0.15) is 11.4 Å². The fourth-order valence-corrected chi connectivity index (χ4v) is 2.40. The van der Waals surface area contributed by atoms with Crippen molar-refractivity contribution in [2.24, 2.45) is 14.1 Å². The highest BCUT2D eigenvalue weighted by molar-refractivity contribution is 7.99. The maximum Gasteiger partial charge on any atom is 0.329 e. The average Bonchev–Trinajstić information content (AvgIpc) is 2.79. The quantitative estimate of drug-likeness (QED) is 0.573. The second kappa shape index (κ2) is 5.37. The summed E-state index contributed by atoms with van der Waals surface area (Å²) in [7, 11) is 3.18. The van der Waals surface area contributed by atoms with Crippen molar-refractivity contribution < 1.29 is 4.79 Å². The van der Waals surface area contributed by atoms with Gasteiger partial charge in [0.2, 0.25) is 0 Å². The first-order chi connectivity index (χ1) is 9.41. The molecule has 0 unspecified atom stereocenters. The van der Waals surface area contributed by atoms with Crippen LogP contribution >= 0.6 is 11.8 Å². The molecule has 0 bridgehead atoms. The number of imidazole rings is 1. The van der Waals surface area contributed by atoms with E-state index in [1.807, 2.05) is 0 Å². The van der Waals surface area contributed by atoms with Gasteiger partial charge >= 0.3 is 5.69 Å². The number of aromatic nitrogens is 4. The number of hydrogen-bond donors (Lipinski definition) is 2. The van der Waals surface area contributed by atoms with E-state index in [2.05, 4.69) is 9.97 Å². The van der Waals surface area contributed by atoms with Crippen LogP contribution in [0.25, 0.3) is 0 Å². The monoisotopic (exact) mass is 295 g/mol. The lowest BCUT2D eigenvalue weighted by Gasteiger charge is -2.07. The minimum atomic E-state index is -0.768. The molecule has 0 aromatic carbocycles. The highest BCUT2D eigenvalue weighted by Gasteiger charge is 2.18. The third-order valence-electron chi connectivity index (χ3n) is 2.76. The highest BCUT2D eigenvalue weighted by Crippen LogP contribution is 2.16. The average molecular weight is 295 g/mol. The maximum absolute atomic E-state index is 12.1. The first kappa shape index (κ1) is 14.1. The number of ketones is 1. The zero-order chi connectivity index (χ0) is 14.9. The van der Waals surface area contributed by atoms with Crippen LogP contribution in [-0.2, 0) is 14.1 Å². The van der Waals surface area contributed by atoms with Gasteiger partial charge in [0.25, 0.3) is 5.56 Å². The topological polar surface area (TPSA) is 116 Å². The van der Waals surface area contributed by atoms with Crippen LogP contribution in [0.2, 0.25) is 0 Å². The number of carbonyl (C=O) groups excluding carboxylic acids is 1. The van der Waals surface area contributed by atoms with E-state index >= 15 is 0 Å². The number of thioether (sulfide) groups is 1. The summed E-state index contributed by atoms with van der Waals surface area (Å²) in [5.41, 5.74) is 4.04. The molecule has 0 saturated carbocycles. The third kappa shape index (κ3) is 2.52. The summed E-state index contributed by atoms with van der Waals surface area (Å²) < 4.78 is 2.78. The van der Waals surface area contributed by atoms with E-state index in [1.165, 1.54) is 18.8 Å². The lowest BCUT2D eigenvalue weighted by atomic mass is 10.2. The van der Waals surface area contributed by atoms with Crippen LogP contribution in [0.5, 0.6) is 0 Å². The van der Waals surface area contributed by atoms with Crippen LogP contribution in [0.1, 0.15) is 10.4 Å². The Morgan fingerprint density at radius 2 is 2.15 bits per heavy atom. The van der Waals surface area contributed by atoms with Crippen molar-refractivity contribution in [2.75, 3.05) is 11.5 Å². The number of hydrogen-bond acceptors (Lipinski definition) is 6. The van der Waals surface area contributed by atoms with Crippen molar-refractivity contribution in [1.82, 2.24) is 19.1 Å². The number of aryl methyl sites for hydroxylation is 1. The molecule has 0 aliphatic carbocycles. The van der Waals surface area contributed by atoms with Gasteiger partial charge in [-0.3, -0.25) is 19.1 Å². The van der Waals surface area contributed by atoms with Crippen LogP contribution in [0, 0.1) is 0 Å². The number of carbonyl (C=O) groups is 1. The van der Waals surface area contributed by atoms with Crippen LogP contribution < -0.4 is 17.0 Å². The first-order valence-electron chi connectivity index (χ1n) is 5.64. The van der Waals surface area contributed by atoms with Crippen molar-refractivity contribution in [3.05, 3.63) is 38.8 Å². The normalized spacial score (nSPS) is 10.7. The molecule has 0 amide bonds. The fourth-order valence-electron chi connectivity index (χ4n) is 1.60. The largest absolute Gasteiger partial charge is 0.384 e. The third-order valence-corrected chi connectivity index (χ3v) is 3.82. The molecule has 0 spiro atoms. The molecule has 0 aliphatic heterocycles. The van der Waals surface area contributed by atoms with Gasteiger partial charge in [0.15, 0.2) is 10.9 Å². The Bertz CT molecular complexity index is 773. The number of anilines is 1. The van der Waals surface area contributed by atoms with E-state index in [1.54, 1.807) is 24.0 Å². The smallest absolute Gasteiger partial charge is 0.329 e. The Morgan fingerprint density at radius 1 is 1.45 bits per heavy atom. The van der Waals surface area contributed by atoms with Crippen molar-refractivity contribution in [3.8, 4) is 0 Å². The number of nitrogens with zero attached hydrogens (tertiary/aromatic N) is 3. The molecule has 8 nitrogen and oxygen atoms in total. The molecule has 0 radical (unpaired) electrons. The van der Waals surface area contributed by atoms with Gasteiger partial charge in [-0.05, 0) is 0 Å². The fraction of sp³-hybridized carbons (Fsp3) is 0.273. The summed E-state index contributed by atoms with van der Waals surface area (Å²) in [6.07, 6.45) is 3.36. The summed E-state index contributed by atoms with van der Waals surface area (Å²) in [6.45, 7) is 0. The zero-order valence-corrected chi connectivity index (χ0v) is 11.7. The number of nitrogens with one attached hydrogen (secondary N) is 1. The van der Waals surface area contributed by atoms with E-state index in [0.29, 0.717) is 5.16 Å². The minimum Gasteiger partial charge on any atom is -0.384 e. The van der Waals surface area contributed by atoms with E-state index < -0.39 is 17.0 Å². The summed E-state index contributed by atoms with van der Waals surface area (Å²) in [4.78, 5) is 41.2. The summed E-state index contributed by atoms with van der Waals surface area (Å²) in [5, 5.41) is 0.651. The Labute approximate surface area is 117 Å². The molecule has 2 aromatic rings. The molecule has 0 saturated heterocycles. The molecule has 3 N–H and O–H groups in total. The van der Waals surface area contributed by atoms with Crippen LogP contribution in [0.15, 0.2) is 27.1 Å². The highest BCUT2D eigenvalue weighted by atomic mass is 32.2. The summed E-state index contributed by atoms with van der Waals surface area (Å²) in [5.74, 6) is -0.576. The van der Waals surface area contributed by atoms with Gasteiger partial charge in [-0.25, -0.2) is 9.78 Å². The van der Waals surface area contributed by atoms with Gasteiger partial charge in [-0.15, -0.1) is 0 Å². The number of rotatable bonds is 4. The summed E-state index contributed by atoms with van der Waals surface area (Å²) >= 11 is 1.19. The number of Topliss-reactive ketones (excluding diaryl/α,β-unsaturated/α-hetero) is 1. The minimum absolute atomic E-state index is 0.0103. The number of H-pyrrole nitrogens is 1. The maximum atomic E-state index is 12.1. The molecule has 106 valence electrons. The van der Waals surface area contributed by atoms with Gasteiger partial charge in [-0.2, -0.15) is 0 Å². The van der Waals surface area contributed by atoms with Gasteiger partial charge in [-0.1, -0.05) is 11.8 Å². The van der Waals surface area contributed by atoms with Crippen LogP contribution in [-0.4, -0.2) is 30.6 Å². The van der Waals surface area contributed by atoms with E-state index in [-0.39, 0.29) is 17.1 Å². The van der Waals surface area contributed by atoms with Crippen molar-refractivity contribution in [3.63, 3.8) is 0 Å². The Balaban J connectivity index is 2.27. The number of nitrogen functional groups attached to an aromatic ring is 1. The molecule has 2 aromatic heterocycles. The zero-order valence-electron chi connectivity index (χ0n) is 10.9. The molecule has 2 heterocycles.